The maximum Gasteiger partial charge on any atom is 0.305 e. The van der Waals surface area contributed by atoms with Crippen molar-refractivity contribution in [3.05, 3.63) is 11.6 Å². The molecule has 0 amide bonds. The lowest BCUT2D eigenvalue weighted by Gasteiger charge is -2.52. The molecule has 7 heteroatoms. The largest absolute Gasteiger partial charge is 0.469 e. The maximum atomic E-state index is 12.9. The maximum absolute atomic E-state index is 12.9. The molecule has 2 saturated carbocycles. The molecule has 0 aromatic carbocycles. The molecule has 1 N–H and O–H groups in total. The number of aliphatic hydroxyl groups is 1. The van der Waals surface area contributed by atoms with Crippen LogP contribution in [-0.2, 0) is 28.7 Å². The number of fused-ring (bicyclic) bond motifs is 3. The Labute approximate surface area is 177 Å². The lowest BCUT2D eigenvalue weighted by atomic mass is 9.52. The Morgan fingerprint density at radius 2 is 1.93 bits per heavy atom. The number of methoxy groups -OCH3 is 1. The van der Waals surface area contributed by atoms with Gasteiger partial charge in [0.25, 0.3) is 0 Å². The summed E-state index contributed by atoms with van der Waals surface area (Å²) in [7, 11) is 1.34. The molecule has 0 bridgehead atoms. The number of esters is 2. The molecular formula is C23H32O7. The van der Waals surface area contributed by atoms with Crippen LogP contribution in [0.3, 0.4) is 0 Å². The standard InChI is InChI=1S/C23H32O7/c1-14(24)30-13-19(26)23(28)12-8-17-15-5-6-18(25)21(2,10-9-20(27)29-4)16(15)7-11-22(17,23)3/h7,15,17,28H,5-6,8-13H2,1-4H3/t15?,17-,21+,22-,23-/m0/s1. The highest BCUT2D eigenvalue weighted by molar-refractivity contribution is 5.92. The van der Waals surface area contributed by atoms with Crippen LogP contribution in [0.25, 0.3) is 0 Å². The summed E-state index contributed by atoms with van der Waals surface area (Å²) in [4.78, 5) is 48.5. The van der Waals surface area contributed by atoms with Gasteiger partial charge in [0.2, 0.25) is 5.78 Å². The van der Waals surface area contributed by atoms with Crippen molar-refractivity contribution in [3.8, 4) is 0 Å². The Morgan fingerprint density at radius 3 is 2.57 bits per heavy atom. The SMILES string of the molecule is COC(=O)CC[C@@]1(C)C(=O)CCC2C1=CC[C@@]1(C)[C@H]2CC[C@]1(O)C(=O)COC(C)=O. The third-order valence-electron chi connectivity index (χ3n) is 8.07. The second-order valence-corrected chi connectivity index (χ2v) is 9.47. The number of allylic oxidation sites excluding steroid dienone is 2. The molecule has 0 radical (unpaired) electrons. The number of ether oxygens (including phenoxy) is 2. The van der Waals surface area contributed by atoms with E-state index in [1.54, 1.807) is 0 Å². The van der Waals surface area contributed by atoms with Gasteiger partial charge in [0, 0.05) is 30.6 Å². The van der Waals surface area contributed by atoms with Crippen molar-refractivity contribution in [1.29, 1.82) is 0 Å². The van der Waals surface area contributed by atoms with Gasteiger partial charge in [0.15, 0.2) is 6.61 Å². The fraction of sp³-hybridized carbons (Fsp3) is 0.739. The van der Waals surface area contributed by atoms with Gasteiger partial charge in [-0.05, 0) is 50.9 Å². The van der Waals surface area contributed by atoms with Gasteiger partial charge >= 0.3 is 11.9 Å². The van der Waals surface area contributed by atoms with Crippen molar-refractivity contribution in [1.82, 2.24) is 0 Å². The minimum absolute atomic E-state index is 0.0503. The van der Waals surface area contributed by atoms with Crippen molar-refractivity contribution < 1.29 is 33.8 Å². The van der Waals surface area contributed by atoms with E-state index >= 15 is 0 Å². The molecule has 0 saturated heterocycles. The first-order valence-corrected chi connectivity index (χ1v) is 10.7. The predicted molar refractivity (Wildman–Crippen MR) is 107 cm³/mol. The average molecular weight is 421 g/mol. The van der Waals surface area contributed by atoms with Gasteiger partial charge in [-0.2, -0.15) is 0 Å². The monoisotopic (exact) mass is 420 g/mol. The van der Waals surface area contributed by atoms with Crippen LogP contribution in [-0.4, -0.2) is 47.9 Å². The predicted octanol–water partition coefficient (Wildman–Crippen LogP) is 2.53. The molecule has 0 aliphatic heterocycles. The molecule has 0 aromatic heterocycles. The highest BCUT2D eigenvalue weighted by Crippen LogP contribution is 2.63. The van der Waals surface area contributed by atoms with E-state index in [0.717, 1.165) is 5.57 Å². The zero-order valence-corrected chi connectivity index (χ0v) is 18.3. The van der Waals surface area contributed by atoms with Gasteiger partial charge in [-0.1, -0.05) is 18.6 Å². The minimum Gasteiger partial charge on any atom is -0.469 e. The molecule has 5 atom stereocenters. The summed E-state index contributed by atoms with van der Waals surface area (Å²) in [6.07, 6.45) is 5.16. The summed E-state index contributed by atoms with van der Waals surface area (Å²) >= 11 is 0. The highest BCUT2D eigenvalue weighted by atomic mass is 16.5. The van der Waals surface area contributed by atoms with Crippen molar-refractivity contribution in [3.63, 3.8) is 0 Å². The Bertz CT molecular complexity index is 799. The van der Waals surface area contributed by atoms with Gasteiger partial charge in [0.05, 0.1) is 7.11 Å². The molecule has 166 valence electrons. The number of carbonyl (C=O) groups excluding carboxylic acids is 4. The van der Waals surface area contributed by atoms with E-state index in [4.69, 9.17) is 9.47 Å². The Kier molecular flexibility index (Phi) is 5.98. The normalized spacial score (nSPS) is 37.6. The number of hydrogen-bond donors (Lipinski definition) is 1. The Morgan fingerprint density at radius 1 is 1.23 bits per heavy atom. The second-order valence-electron chi connectivity index (χ2n) is 9.47. The fourth-order valence-electron chi connectivity index (χ4n) is 6.13. The summed E-state index contributed by atoms with van der Waals surface area (Å²) in [5.41, 5.74) is -1.91. The summed E-state index contributed by atoms with van der Waals surface area (Å²) in [6, 6.07) is 0. The molecular weight excluding hydrogens is 388 g/mol. The van der Waals surface area contributed by atoms with Gasteiger partial charge in [-0.15, -0.1) is 0 Å². The Hall–Kier alpha value is -2.02. The van der Waals surface area contributed by atoms with E-state index in [0.29, 0.717) is 38.5 Å². The van der Waals surface area contributed by atoms with Crippen LogP contribution < -0.4 is 0 Å². The Balaban J connectivity index is 1.90. The van der Waals surface area contributed by atoms with Crippen LogP contribution in [0.15, 0.2) is 11.6 Å². The van der Waals surface area contributed by atoms with Crippen molar-refractivity contribution in [2.75, 3.05) is 13.7 Å². The zero-order valence-electron chi connectivity index (χ0n) is 18.3. The molecule has 2 fully saturated rings. The fourth-order valence-corrected chi connectivity index (χ4v) is 6.13. The summed E-state index contributed by atoms with van der Waals surface area (Å²) in [5.74, 6) is -1.08. The molecule has 0 aromatic rings. The topological polar surface area (TPSA) is 107 Å². The zero-order chi connectivity index (χ0) is 22.3. The van der Waals surface area contributed by atoms with Crippen molar-refractivity contribution in [2.45, 2.75) is 71.3 Å². The lowest BCUT2D eigenvalue weighted by Crippen LogP contribution is -2.56. The van der Waals surface area contributed by atoms with Gasteiger partial charge in [-0.25, -0.2) is 0 Å². The van der Waals surface area contributed by atoms with Crippen LogP contribution in [0.1, 0.15) is 65.7 Å². The molecule has 3 aliphatic carbocycles. The molecule has 0 spiro atoms. The first-order valence-electron chi connectivity index (χ1n) is 10.7. The molecule has 30 heavy (non-hydrogen) atoms. The quantitative estimate of drug-likeness (QED) is 0.520. The third kappa shape index (κ3) is 3.41. The van der Waals surface area contributed by atoms with E-state index in [2.05, 4.69) is 0 Å². The van der Waals surface area contributed by atoms with Gasteiger partial charge in [-0.3, -0.25) is 19.2 Å². The van der Waals surface area contributed by atoms with E-state index in [9.17, 15) is 24.3 Å². The average Bonchev–Trinajstić information content (AvgIpc) is 2.99. The van der Waals surface area contributed by atoms with Crippen LogP contribution in [0, 0.1) is 22.7 Å². The van der Waals surface area contributed by atoms with Crippen LogP contribution in [0.4, 0.5) is 0 Å². The van der Waals surface area contributed by atoms with Crippen molar-refractivity contribution >= 4 is 23.5 Å². The molecule has 3 aliphatic rings. The number of carbonyl (C=O) groups is 4. The number of Topliss-reactive ketones (excluding diaryl/α,β-unsaturated/α-hetero) is 2. The first-order chi connectivity index (χ1) is 14.0. The van der Waals surface area contributed by atoms with E-state index in [1.807, 2.05) is 19.9 Å². The number of hydrogen-bond acceptors (Lipinski definition) is 7. The van der Waals surface area contributed by atoms with E-state index < -0.39 is 34.8 Å². The lowest BCUT2D eigenvalue weighted by molar-refractivity contribution is -0.163. The van der Waals surface area contributed by atoms with E-state index in [-0.39, 0.29) is 30.0 Å². The summed E-state index contributed by atoms with van der Waals surface area (Å²) in [6.45, 7) is 4.66. The number of rotatable bonds is 6. The van der Waals surface area contributed by atoms with Crippen LogP contribution >= 0.6 is 0 Å². The minimum atomic E-state index is -1.56. The smallest absolute Gasteiger partial charge is 0.305 e. The molecule has 3 rings (SSSR count). The second kappa shape index (κ2) is 7.91. The molecule has 0 heterocycles. The summed E-state index contributed by atoms with van der Waals surface area (Å²) < 4.78 is 9.63. The van der Waals surface area contributed by atoms with Gasteiger partial charge in [0.1, 0.15) is 11.4 Å². The van der Waals surface area contributed by atoms with Crippen molar-refractivity contribution in [2.24, 2.45) is 22.7 Å². The van der Waals surface area contributed by atoms with Crippen LogP contribution in [0.5, 0.6) is 0 Å². The first kappa shape index (κ1) is 22.7. The summed E-state index contributed by atoms with van der Waals surface area (Å²) in [5, 5.41) is 11.4. The molecule has 7 nitrogen and oxygen atoms in total. The number of ketones is 2. The highest BCUT2D eigenvalue weighted by Gasteiger charge is 2.64. The van der Waals surface area contributed by atoms with E-state index in [1.165, 1.54) is 14.0 Å². The molecule has 1 unspecified atom stereocenters. The van der Waals surface area contributed by atoms with Crippen LogP contribution in [0.2, 0.25) is 0 Å². The van der Waals surface area contributed by atoms with Gasteiger partial charge < -0.3 is 14.6 Å². The third-order valence-corrected chi connectivity index (χ3v) is 8.07.